The van der Waals surface area contributed by atoms with Gasteiger partial charge in [0.15, 0.2) is 5.82 Å². The van der Waals surface area contributed by atoms with E-state index in [1.807, 2.05) is 42.3 Å². The quantitative estimate of drug-likeness (QED) is 0.222. The number of nitrogens with zero attached hydrogens (tertiary/aromatic N) is 5. The van der Waals surface area contributed by atoms with E-state index in [0.717, 1.165) is 61.4 Å². The van der Waals surface area contributed by atoms with E-state index in [1.165, 1.54) is 5.57 Å². The van der Waals surface area contributed by atoms with Crippen LogP contribution in [-0.2, 0) is 9.59 Å². The molecule has 2 fully saturated rings. The summed E-state index contributed by atoms with van der Waals surface area (Å²) in [4.78, 5) is 43.9. The molecule has 4 heterocycles. The third-order valence-corrected chi connectivity index (χ3v) is 9.70. The fourth-order valence-corrected chi connectivity index (χ4v) is 6.34. The van der Waals surface area contributed by atoms with Crippen LogP contribution < -0.4 is 16.4 Å². The number of fused-ring (bicyclic) bond motifs is 1. The number of allylic oxidation sites excluding steroid dienone is 8. The summed E-state index contributed by atoms with van der Waals surface area (Å²) in [5, 5.41) is 11.1. The number of amides is 4. The average Bonchev–Trinajstić information content (AvgIpc) is 3.29. The minimum absolute atomic E-state index is 0.0220. The Morgan fingerprint density at radius 2 is 1.98 bits per heavy atom. The van der Waals surface area contributed by atoms with Gasteiger partial charge in [0.2, 0.25) is 12.3 Å². The maximum Gasteiger partial charge on any atom is 0.321 e. The highest BCUT2D eigenvalue weighted by molar-refractivity contribution is 9.10. The Balaban J connectivity index is 0.000000421. The molecule has 0 aromatic heterocycles. The van der Waals surface area contributed by atoms with Crippen molar-refractivity contribution < 1.29 is 14.4 Å². The Hall–Kier alpha value is -3.64. The first kappa shape index (κ1) is 33.3. The van der Waals surface area contributed by atoms with E-state index >= 15 is 0 Å². The van der Waals surface area contributed by atoms with Crippen molar-refractivity contribution in [1.29, 1.82) is 0 Å². The molecule has 0 saturated carbocycles. The summed E-state index contributed by atoms with van der Waals surface area (Å²) in [6.07, 6.45) is 21.1. The molecule has 5 rings (SSSR count). The summed E-state index contributed by atoms with van der Waals surface area (Å²) < 4.78 is 0. The molecule has 0 spiro atoms. The number of halogens is 1. The lowest BCUT2D eigenvalue weighted by molar-refractivity contribution is -0.121. The second-order valence-corrected chi connectivity index (χ2v) is 12.7. The predicted octanol–water partition coefficient (Wildman–Crippen LogP) is 4.10. The van der Waals surface area contributed by atoms with Crippen LogP contribution in [-0.4, -0.2) is 82.1 Å². The number of carbonyl (C=O) groups is 3. The second kappa shape index (κ2) is 14.9. The number of likely N-dealkylation sites (tertiary alicyclic amines) is 1. The lowest BCUT2D eigenvalue weighted by atomic mass is 9.85. The van der Waals surface area contributed by atoms with E-state index in [4.69, 9.17) is 15.7 Å². The van der Waals surface area contributed by atoms with Gasteiger partial charge in [0.25, 0.3) is 0 Å². The first-order valence-electron chi connectivity index (χ1n) is 15.1. The van der Waals surface area contributed by atoms with Gasteiger partial charge in [-0.1, -0.05) is 52.4 Å². The lowest BCUT2D eigenvalue weighted by Gasteiger charge is -2.47. The van der Waals surface area contributed by atoms with Crippen molar-refractivity contribution in [3.8, 4) is 0 Å². The Bertz CT molecular complexity index is 1350. The van der Waals surface area contributed by atoms with Crippen molar-refractivity contribution in [3.63, 3.8) is 0 Å². The minimum Gasteiger partial charge on any atom is -0.345 e. The van der Waals surface area contributed by atoms with E-state index in [0.29, 0.717) is 12.8 Å². The van der Waals surface area contributed by atoms with E-state index in [1.54, 1.807) is 6.92 Å². The summed E-state index contributed by atoms with van der Waals surface area (Å²) in [6.45, 7) is 9.43. The zero-order valence-electron chi connectivity index (χ0n) is 25.9. The summed E-state index contributed by atoms with van der Waals surface area (Å²) in [5.41, 5.74) is 10.5. The van der Waals surface area contributed by atoms with Crippen LogP contribution in [0, 0.1) is 5.92 Å². The Labute approximate surface area is 268 Å². The van der Waals surface area contributed by atoms with Crippen molar-refractivity contribution in [3.05, 3.63) is 59.0 Å². The molecule has 0 aromatic carbocycles. The van der Waals surface area contributed by atoms with Gasteiger partial charge in [-0.05, 0) is 58.1 Å². The zero-order chi connectivity index (χ0) is 31.9. The van der Waals surface area contributed by atoms with Gasteiger partial charge in [0.1, 0.15) is 5.66 Å². The highest BCUT2D eigenvalue weighted by atomic mass is 79.9. The van der Waals surface area contributed by atoms with Crippen LogP contribution in [0.5, 0.6) is 0 Å². The van der Waals surface area contributed by atoms with Crippen LogP contribution in [0.4, 0.5) is 4.79 Å². The smallest absolute Gasteiger partial charge is 0.321 e. The number of nitrogens with one attached hydrogen (secondary N) is 2. The largest absolute Gasteiger partial charge is 0.345 e. The van der Waals surface area contributed by atoms with Gasteiger partial charge in [0.05, 0.1) is 10.9 Å². The van der Waals surface area contributed by atoms with Crippen LogP contribution >= 0.6 is 15.9 Å². The van der Waals surface area contributed by atoms with Gasteiger partial charge in [-0.25, -0.2) is 14.8 Å². The van der Waals surface area contributed by atoms with Gasteiger partial charge in [-0.3, -0.25) is 19.9 Å². The predicted molar refractivity (Wildman–Crippen MR) is 179 cm³/mol. The standard InChI is InChI=1S/C27H35BrN6O.C5H8N2O2/c1-4-20(17-30-19(2)21-9-7-5-6-8-10-21)23-11-14-31-34-26(23)32-24(25(28)27(34,3)29)22-12-15-33(18-35)16-13-22;1-3-2-4(8)7-5(9)6-3/h4-9,14,17-19,22,25H,10-13,15-16,29H2,1-3H3;3H,2H2,1H3,(H2,6,7,8,9)/b20-4+,30-17?;/t;3-/m.0/s1. The van der Waals surface area contributed by atoms with Crippen LogP contribution in [0.3, 0.4) is 0 Å². The number of hydrazone groups is 1. The highest BCUT2D eigenvalue weighted by Gasteiger charge is 2.47. The number of piperidine rings is 1. The lowest BCUT2D eigenvalue weighted by Crippen LogP contribution is -2.63. The van der Waals surface area contributed by atoms with Crippen molar-refractivity contribution in [1.82, 2.24) is 20.5 Å². The number of rotatable bonds is 6. The normalized spacial score (nSPS) is 28.4. The second-order valence-electron chi connectivity index (χ2n) is 11.7. The molecule has 2 saturated heterocycles. The molecule has 5 aliphatic rings. The van der Waals surface area contributed by atoms with Crippen molar-refractivity contribution in [2.24, 2.45) is 26.7 Å². The molecule has 0 bridgehead atoms. The molecular weight excluding hydrogens is 624 g/mol. The number of alkyl halides is 1. The van der Waals surface area contributed by atoms with Gasteiger partial charge >= 0.3 is 6.03 Å². The highest BCUT2D eigenvalue weighted by Crippen LogP contribution is 2.40. The molecule has 12 heteroatoms. The maximum atomic E-state index is 11.2. The number of imide groups is 1. The van der Waals surface area contributed by atoms with Gasteiger partial charge in [-0.15, -0.1) is 0 Å². The van der Waals surface area contributed by atoms with Crippen LogP contribution in [0.2, 0.25) is 0 Å². The maximum absolute atomic E-state index is 11.2. The summed E-state index contributed by atoms with van der Waals surface area (Å²) in [6, 6.07) is -0.332. The molecule has 0 radical (unpaired) electrons. The van der Waals surface area contributed by atoms with Crippen LogP contribution in [0.1, 0.15) is 59.8 Å². The summed E-state index contributed by atoms with van der Waals surface area (Å²) in [5.74, 6) is 0.866. The number of hydrogen-bond acceptors (Lipinski definition) is 8. The molecule has 4 atom stereocenters. The number of nitrogens with two attached hydrogens (primary N) is 1. The minimum atomic E-state index is -0.774. The zero-order valence-corrected chi connectivity index (χ0v) is 27.5. The monoisotopic (exact) mass is 666 g/mol. The SMILES string of the molecule is C/C=C(\C=NC(C)C1=CC=CC=CC1)C1=C2N=C(C3CCN(C=O)CC3)C(Br)C(C)(N)N2N=CC1.C[C@H]1CC(=O)NC(=O)N1. The number of hydrogen-bond donors (Lipinski definition) is 3. The van der Waals surface area contributed by atoms with Crippen LogP contribution in [0.15, 0.2) is 74.1 Å². The fraction of sp³-hybridized carbons (Fsp3) is 0.500. The third kappa shape index (κ3) is 7.89. The van der Waals surface area contributed by atoms with E-state index in [9.17, 15) is 14.4 Å². The van der Waals surface area contributed by atoms with Crippen molar-refractivity contribution >= 4 is 52.4 Å². The molecule has 0 aromatic rings. The van der Waals surface area contributed by atoms with Gasteiger partial charge in [0, 0.05) is 61.6 Å². The van der Waals surface area contributed by atoms with Crippen molar-refractivity contribution in [2.45, 2.75) is 82.4 Å². The molecule has 4 N–H and O–H groups in total. The fourth-order valence-electron chi connectivity index (χ4n) is 5.67. The van der Waals surface area contributed by atoms with Crippen LogP contribution in [0.25, 0.3) is 0 Å². The number of carbonyl (C=O) groups excluding carboxylic acids is 3. The van der Waals surface area contributed by atoms with E-state index in [2.05, 4.69) is 69.0 Å². The van der Waals surface area contributed by atoms with E-state index in [-0.39, 0.29) is 28.7 Å². The van der Waals surface area contributed by atoms with Gasteiger partial charge in [-0.2, -0.15) is 5.10 Å². The molecular formula is C32H43BrN8O3. The molecule has 236 valence electrons. The number of urea groups is 1. The molecule has 1 aliphatic carbocycles. The van der Waals surface area contributed by atoms with Crippen molar-refractivity contribution in [2.75, 3.05) is 13.1 Å². The molecule has 4 amide bonds. The first-order valence-corrected chi connectivity index (χ1v) is 16.1. The molecule has 3 unspecified atom stereocenters. The molecule has 44 heavy (non-hydrogen) atoms. The van der Waals surface area contributed by atoms with E-state index < -0.39 is 11.7 Å². The summed E-state index contributed by atoms with van der Waals surface area (Å²) >= 11 is 3.84. The molecule has 4 aliphatic heterocycles. The Morgan fingerprint density at radius 3 is 2.64 bits per heavy atom. The first-order chi connectivity index (χ1) is 21.0. The summed E-state index contributed by atoms with van der Waals surface area (Å²) in [7, 11) is 0. The molecule has 11 nitrogen and oxygen atoms in total. The Kier molecular flexibility index (Phi) is 11.3. The topological polar surface area (TPSA) is 145 Å². The third-order valence-electron chi connectivity index (χ3n) is 8.30. The Morgan fingerprint density at radius 1 is 1.23 bits per heavy atom. The number of aliphatic imine (C=N–C) groups is 2. The average molecular weight is 668 g/mol. The van der Waals surface area contributed by atoms with Gasteiger partial charge < -0.3 is 16.0 Å².